The zero-order chi connectivity index (χ0) is 16.1. The highest BCUT2D eigenvalue weighted by molar-refractivity contribution is 7.09. The summed E-state index contributed by atoms with van der Waals surface area (Å²) in [6, 6.07) is 14.2. The van der Waals surface area contributed by atoms with Gasteiger partial charge < -0.3 is 4.42 Å². The summed E-state index contributed by atoms with van der Waals surface area (Å²) in [5.41, 5.74) is 3.12. The number of carbonyl (C=O) groups is 1. The van der Waals surface area contributed by atoms with Crippen molar-refractivity contribution in [1.82, 2.24) is 9.36 Å². The van der Waals surface area contributed by atoms with E-state index in [1.165, 1.54) is 12.3 Å². The van der Waals surface area contributed by atoms with Crippen LogP contribution in [-0.4, -0.2) is 20.9 Å². The quantitative estimate of drug-likeness (QED) is 0.440. The summed E-state index contributed by atoms with van der Waals surface area (Å²) in [7, 11) is 0. The van der Waals surface area contributed by atoms with E-state index in [0.717, 1.165) is 17.1 Å². The van der Waals surface area contributed by atoms with Gasteiger partial charge in [-0.25, -0.2) is 5.43 Å². The summed E-state index contributed by atoms with van der Waals surface area (Å²) in [4.78, 5) is 16.2. The third kappa shape index (κ3) is 3.30. The third-order valence-electron chi connectivity index (χ3n) is 2.79. The number of nitrogens with one attached hydrogen (secondary N) is 1. The van der Waals surface area contributed by atoms with Gasteiger partial charge in [-0.2, -0.15) is 19.7 Å². The van der Waals surface area contributed by atoms with E-state index in [1.54, 1.807) is 12.1 Å². The monoisotopic (exact) mass is 323 g/mol. The Balaban J connectivity index is 1.76. The van der Waals surface area contributed by atoms with Gasteiger partial charge in [-0.05, 0) is 12.1 Å². The molecule has 0 radical (unpaired) electrons. The van der Waals surface area contributed by atoms with Gasteiger partial charge in [0, 0.05) is 17.1 Å². The molecule has 3 rings (SSSR count). The molecule has 2 aromatic heterocycles. The van der Waals surface area contributed by atoms with E-state index in [9.17, 15) is 4.79 Å². The average molecular weight is 323 g/mol. The van der Waals surface area contributed by atoms with E-state index in [0.29, 0.717) is 11.0 Å². The maximum absolute atomic E-state index is 12.0. The second kappa shape index (κ2) is 6.64. The third-order valence-corrected chi connectivity index (χ3v) is 3.41. The first-order chi connectivity index (χ1) is 11.3. The van der Waals surface area contributed by atoms with Crippen molar-refractivity contribution < 1.29 is 9.21 Å². The van der Waals surface area contributed by atoms with Crippen molar-refractivity contribution in [2.45, 2.75) is 0 Å². The van der Waals surface area contributed by atoms with Gasteiger partial charge in [0.1, 0.15) is 6.07 Å². The van der Waals surface area contributed by atoms with Crippen molar-refractivity contribution in [3.05, 3.63) is 54.5 Å². The SMILES string of the molecule is N#C/C(=N\Nc1nc(-c2ccccc2)ns1)C(=O)c1ccco1. The Morgan fingerprint density at radius 2 is 2.09 bits per heavy atom. The fourth-order valence-corrected chi connectivity index (χ4v) is 2.26. The van der Waals surface area contributed by atoms with E-state index in [1.807, 2.05) is 30.3 Å². The number of rotatable bonds is 5. The summed E-state index contributed by atoms with van der Waals surface area (Å²) < 4.78 is 9.15. The van der Waals surface area contributed by atoms with Crippen LogP contribution in [0, 0.1) is 11.3 Å². The maximum atomic E-state index is 12.0. The Kier molecular flexibility index (Phi) is 4.22. The van der Waals surface area contributed by atoms with Gasteiger partial charge >= 0.3 is 0 Å². The summed E-state index contributed by atoms with van der Waals surface area (Å²) in [6.07, 6.45) is 1.35. The number of ketones is 1. The summed E-state index contributed by atoms with van der Waals surface area (Å²) in [6.45, 7) is 0. The van der Waals surface area contributed by atoms with Crippen molar-refractivity contribution in [3.8, 4) is 17.5 Å². The number of aromatic nitrogens is 2. The molecule has 0 saturated heterocycles. The molecular weight excluding hydrogens is 314 g/mol. The minimum Gasteiger partial charge on any atom is -0.461 e. The van der Waals surface area contributed by atoms with Gasteiger partial charge in [0.05, 0.1) is 6.26 Å². The van der Waals surface area contributed by atoms with Crippen molar-refractivity contribution in [2.75, 3.05) is 5.43 Å². The van der Waals surface area contributed by atoms with Crippen LogP contribution in [0.4, 0.5) is 5.13 Å². The van der Waals surface area contributed by atoms with Crippen LogP contribution in [0.2, 0.25) is 0 Å². The molecule has 3 aromatic rings. The Bertz CT molecular complexity index is 878. The lowest BCUT2D eigenvalue weighted by atomic mass is 10.2. The van der Waals surface area contributed by atoms with Crippen molar-refractivity contribution in [1.29, 1.82) is 5.26 Å². The molecule has 7 nitrogen and oxygen atoms in total. The molecule has 0 aliphatic rings. The molecule has 0 spiro atoms. The molecule has 0 fully saturated rings. The Labute approximate surface area is 135 Å². The molecule has 1 N–H and O–H groups in total. The highest BCUT2D eigenvalue weighted by atomic mass is 32.1. The molecule has 23 heavy (non-hydrogen) atoms. The molecule has 0 aliphatic heterocycles. The van der Waals surface area contributed by atoms with Crippen molar-refractivity contribution in [3.63, 3.8) is 0 Å². The molecule has 0 amide bonds. The van der Waals surface area contributed by atoms with E-state index >= 15 is 0 Å². The van der Waals surface area contributed by atoms with Crippen molar-refractivity contribution >= 4 is 28.2 Å². The van der Waals surface area contributed by atoms with Gasteiger partial charge in [-0.3, -0.25) is 4.79 Å². The summed E-state index contributed by atoms with van der Waals surface area (Å²) in [5, 5.41) is 13.2. The smallest absolute Gasteiger partial charge is 0.259 e. The first-order valence-electron chi connectivity index (χ1n) is 6.49. The molecule has 112 valence electrons. The van der Waals surface area contributed by atoms with Crippen LogP contribution in [0.5, 0.6) is 0 Å². The first-order valence-corrected chi connectivity index (χ1v) is 7.26. The lowest BCUT2D eigenvalue weighted by Crippen LogP contribution is -2.13. The van der Waals surface area contributed by atoms with E-state index < -0.39 is 5.78 Å². The molecule has 0 unspecified atom stereocenters. The van der Waals surface area contributed by atoms with Crippen LogP contribution in [0.3, 0.4) is 0 Å². The summed E-state index contributed by atoms with van der Waals surface area (Å²) in [5.74, 6) is -0.00342. The first kappa shape index (κ1) is 14.6. The highest BCUT2D eigenvalue weighted by Gasteiger charge is 2.17. The largest absolute Gasteiger partial charge is 0.461 e. The average Bonchev–Trinajstić information content (AvgIpc) is 3.28. The number of carbonyl (C=O) groups excluding carboxylic acids is 1. The van der Waals surface area contributed by atoms with Gasteiger partial charge in [0.25, 0.3) is 5.78 Å². The zero-order valence-corrected chi connectivity index (χ0v) is 12.4. The van der Waals surface area contributed by atoms with Gasteiger partial charge in [0.2, 0.25) is 10.8 Å². The molecule has 0 bridgehead atoms. The lowest BCUT2D eigenvalue weighted by molar-refractivity contribution is 0.104. The highest BCUT2D eigenvalue weighted by Crippen LogP contribution is 2.20. The fraction of sp³-hybridized carbons (Fsp3) is 0. The fourth-order valence-electron chi connectivity index (χ4n) is 1.73. The normalized spacial score (nSPS) is 11.0. The molecule has 2 heterocycles. The van der Waals surface area contributed by atoms with Crippen LogP contribution in [-0.2, 0) is 0 Å². The number of furan rings is 1. The Morgan fingerprint density at radius 1 is 1.26 bits per heavy atom. The zero-order valence-electron chi connectivity index (χ0n) is 11.6. The Morgan fingerprint density at radius 3 is 2.78 bits per heavy atom. The van der Waals surface area contributed by atoms with Gasteiger partial charge in [-0.15, -0.1) is 0 Å². The topological polar surface area (TPSA) is 104 Å². The van der Waals surface area contributed by atoms with Gasteiger partial charge in [-0.1, -0.05) is 30.3 Å². The number of nitrogens with zero attached hydrogens (tertiary/aromatic N) is 4. The molecule has 0 saturated carbocycles. The standard InChI is InChI=1S/C15H9N5O2S/c16-9-11(13(21)12-7-4-8-22-12)18-19-15-17-14(20-23-15)10-5-2-1-3-6-10/h1-8H,(H,17,19,20)/b18-11+. The minimum absolute atomic E-state index is 0.0503. The number of hydrogen-bond donors (Lipinski definition) is 1. The molecule has 0 aliphatic carbocycles. The van der Waals surface area contributed by atoms with Crippen LogP contribution >= 0.6 is 11.5 Å². The molecule has 0 atom stereocenters. The molecule has 8 heteroatoms. The number of hydrogen-bond acceptors (Lipinski definition) is 8. The predicted molar refractivity (Wildman–Crippen MR) is 85.1 cm³/mol. The van der Waals surface area contributed by atoms with Crippen LogP contribution in [0.1, 0.15) is 10.6 Å². The number of benzene rings is 1. The molecular formula is C15H9N5O2S. The van der Waals surface area contributed by atoms with E-state index in [4.69, 9.17) is 9.68 Å². The number of hydrazone groups is 1. The number of anilines is 1. The lowest BCUT2D eigenvalue weighted by Gasteiger charge is -1.95. The van der Waals surface area contributed by atoms with Gasteiger partial charge in [0.15, 0.2) is 11.6 Å². The maximum Gasteiger partial charge on any atom is 0.259 e. The molecule has 1 aromatic carbocycles. The minimum atomic E-state index is -0.599. The van der Waals surface area contributed by atoms with Crippen LogP contribution in [0.15, 0.2) is 58.2 Å². The Hall–Kier alpha value is -3.31. The van der Waals surface area contributed by atoms with Crippen molar-refractivity contribution in [2.24, 2.45) is 5.10 Å². The van der Waals surface area contributed by atoms with E-state index in [2.05, 4.69) is 19.9 Å². The second-order valence-electron chi connectivity index (χ2n) is 4.28. The number of Topliss-reactive ketones (excluding diaryl/α,β-unsaturated/α-hetero) is 1. The second-order valence-corrected chi connectivity index (χ2v) is 5.03. The predicted octanol–water partition coefficient (Wildman–Crippen LogP) is 2.97. The van der Waals surface area contributed by atoms with Crippen LogP contribution < -0.4 is 5.43 Å². The van der Waals surface area contributed by atoms with Crippen LogP contribution in [0.25, 0.3) is 11.4 Å². The summed E-state index contributed by atoms with van der Waals surface area (Å²) >= 11 is 1.08. The van der Waals surface area contributed by atoms with E-state index in [-0.39, 0.29) is 11.5 Å². The number of nitriles is 1.